The number of sulfonamides is 1. The topological polar surface area (TPSA) is 97.6 Å². The largest absolute Gasteiger partial charge is 0.360 e. The fourth-order valence-corrected chi connectivity index (χ4v) is 6.66. The highest BCUT2D eigenvalue weighted by atomic mass is 32.2. The van der Waals surface area contributed by atoms with Gasteiger partial charge < -0.3 is 4.52 Å². The van der Waals surface area contributed by atoms with Crippen molar-refractivity contribution in [2.24, 2.45) is 0 Å². The minimum Gasteiger partial charge on any atom is -0.360 e. The second-order valence-corrected chi connectivity index (χ2v) is 10.4. The standard InChI is InChI=1S/C16H19FN2O5S2/c1-11-16(12(2)24-18-11)26(22,23)19-9-7-15(8-10-19)25(20,21)14-5-3-13(17)4-6-14/h3-6,15H,7-10H2,1-2H3. The van der Waals surface area contributed by atoms with E-state index < -0.39 is 30.9 Å². The highest BCUT2D eigenvalue weighted by Crippen LogP contribution is 2.29. The smallest absolute Gasteiger partial charge is 0.248 e. The Labute approximate surface area is 151 Å². The van der Waals surface area contributed by atoms with Crippen molar-refractivity contribution in [2.45, 2.75) is 41.7 Å². The molecule has 0 spiro atoms. The Kier molecular flexibility index (Phi) is 4.93. The molecule has 0 atom stereocenters. The zero-order valence-corrected chi connectivity index (χ0v) is 16.0. The van der Waals surface area contributed by atoms with E-state index in [9.17, 15) is 21.2 Å². The van der Waals surface area contributed by atoms with Gasteiger partial charge in [-0.3, -0.25) is 0 Å². The van der Waals surface area contributed by atoms with Gasteiger partial charge in [0.05, 0.1) is 10.1 Å². The number of aryl methyl sites for hydroxylation is 2. The first-order valence-corrected chi connectivity index (χ1v) is 11.0. The summed E-state index contributed by atoms with van der Waals surface area (Å²) in [4.78, 5) is 0.0864. The van der Waals surface area contributed by atoms with Gasteiger partial charge in [0.25, 0.3) is 0 Å². The van der Waals surface area contributed by atoms with Gasteiger partial charge in [-0.15, -0.1) is 0 Å². The average molecular weight is 402 g/mol. The van der Waals surface area contributed by atoms with Gasteiger partial charge in [0.1, 0.15) is 16.4 Å². The number of piperidine rings is 1. The molecule has 2 aromatic rings. The van der Waals surface area contributed by atoms with Crippen LogP contribution in [-0.2, 0) is 19.9 Å². The predicted octanol–water partition coefficient (Wildman–Crippen LogP) is 2.06. The number of sulfone groups is 1. The number of rotatable bonds is 4. The number of nitrogens with zero attached hydrogens (tertiary/aromatic N) is 2. The van der Waals surface area contributed by atoms with Crippen LogP contribution in [0.3, 0.4) is 0 Å². The van der Waals surface area contributed by atoms with Gasteiger partial charge in [-0.25, -0.2) is 21.2 Å². The highest BCUT2D eigenvalue weighted by Gasteiger charge is 2.37. The zero-order valence-electron chi connectivity index (χ0n) is 14.3. The molecule has 0 N–H and O–H groups in total. The molecule has 1 fully saturated rings. The van der Waals surface area contributed by atoms with Gasteiger partial charge in [0, 0.05) is 13.1 Å². The Morgan fingerprint density at radius 2 is 1.65 bits per heavy atom. The van der Waals surface area contributed by atoms with E-state index in [1.54, 1.807) is 6.92 Å². The molecule has 7 nitrogen and oxygen atoms in total. The third kappa shape index (κ3) is 3.28. The summed E-state index contributed by atoms with van der Waals surface area (Å²) in [7, 11) is -7.42. The van der Waals surface area contributed by atoms with E-state index >= 15 is 0 Å². The summed E-state index contributed by atoms with van der Waals surface area (Å²) in [6, 6.07) is 4.67. The minimum absolute atomic E-state index is 0.0392. The summed E-state index contributed by atoms with van der Waals surface area (Å²) in [5.41, 5.74) is 0.281. The van der Waals surface area contributed by atoms with E-state index in [4.69, 9.17) is 4.52 Å². The number of hydrogen-bond donors (Lipinski definition) is 0. The third-order valence-corrected chi connectivity index (χ3v) is 8.97. The molecule has 0 radical (unpaired) electrons. The maximum absolute atomic E-state index is 13.0. The quantitative estimate of drug-likeness (QED) is 0.726. The fourth-order valence-electron chi connectivity index (χ4n) is 3.17. The third-order valence-electron chi connectivity index (χ3n) is 4.55. The first-order valence-electron chi connectivity index (χ1n) is 8.06. The number of benzene rings is 1. The molecule has 10 heteroatoms. The summed E-state index contributed by atoms with van der Waals surface area (Å²) in [5.74, 6) is -0.298. The number of hydrogen-bond acceptors (Lipinski definition) is 6. The van der Waals surface area contributed by atoms with Gasteiger partial charge in [-0.1, -0.05) is 5.16 Å². The molecule has 1 aromatic carbocycles. The second-order valence-electron chi connectivity index (χ2n) is 6.26. The van der Waals surface area contributed by atoms with Crippen molar-refractivity contribution in [1.82, 2.24) is 9.46 Å². The lowest BCUT2D eigenvalue weighted by atomic mass is 10.2. The van der Waals surface area contributed by atoms with Gasteiger partial charge >= 0.3 is 0 Å². The molecule has 3 rings (SSSR count). The van der Waals surface area contributed by atoms with Gasteiger partial charge in [-0.05, 0) is 51.0 Å². The lowest BCUT2D eigenvalue weighted by Gasteiger charge is -2.30. The van der Waals surface area contributed by atoms with Crippen LogP contribution in [0.5, 0.6) is 0 Å². The highest BCUT2D eigenvalue weighted by molar-refractivity contribution is 7.92. The number of halogens is 1. The van der Waals surface area contributed by atoms with E-state index in [1.165, 1.54) is 23.4 Å². The lowest BCUT2D eigenvalue weighted by Crippen LogP contribution is -2.42. The first-order chi connectivity index (χ1) is 12.1. The van der Waals surface area contributed by atoms with Crippen LogP contribution in [0.25, 0.3) is 0 Å². The van der Waals surface area contributed by atoms with Gasteiger partial charge in [0.2, 0.25) is 10.0 Å². The van der Waals surface area contributed by atoms with E-state index in [0.29, 0.717) is 0 Å². The molecule has 0 saturated carbocycles. The molecule has 0 unspecified atom stereocenters. The van der Waals surface area contributed by atoms with Crippen LogP contribution in [0.4, 0.5) is 4.39 Å². The first kappa shape index (κ1) is 19.0. The van der Waals surface area contributed by atoms with Crippen molar-refractivity contribution in [3.63, 3.8) is 0 Å². The van der Waals surface area contributed by atoms with E-state index in [1.807, 2.05) is 0 Å². The van der Waals surface area contributed by atoms with E-state index in [-0.39, 0.29) is 47.2 Å². The van der Waals surface area contributed by atoms with Crippen molar-refractivity contribution >= 4 is 19.9 Å². The molecule has 26 heavy (non-hydrogen) atoms. The molecule has 142 valence electrons. The summed E-state index contributed by atoms with van der Waals surface area (Å²) < 4.78 is 70.1. The van der Waals surface area contributed by atoms with Crippen molar-refractivity contribution in [1.29, 1.82) is 0 Å². The van der Waals surface area contributed by atoms with Gasteiger partial charge in [-0.2, -0.15) is 4.31 Å². The van der Waals surface area contributed by atoms with Crippen LogP contribution < -0.4 is 0 Å². The van der Waals surface area contributed by atoms with Crippen LogP contribution in [0.2, 0.25) is 0 Å². The van der Waals surface area contributed by atoms with Crippen LogP contribution in [0.15, 0.2) is 38.6 Å². The molecule has 1 saturated heterocycles. The Morgan fingerprint density at radius 1 is 1.08 bits per heavy atom. The molecule has 0 amide bonds. The van der Waals surface area contributed by atoms with E-state index in [0.717, 1.165) is 12.1 Å². The molecule has 1 aliphatic rings. The van der Waals surface area contributed by atoms with Crippen molar-refractivity contribution in [3.8, 4) is 0 Å². The lowest BCUT2D eigenvalue weighted by molar-refractivity contribution is 0.344. The normalized spacial score (nSPS) is 17.5. The molecular formula is C16H19FN2O5S2. The van der Waals surface area contributed by atoms with Crippen LogP contribution in [-0.4, -0.2) is 44.6 Å². The van der Waals surface area contributed by atoms with E-state index in [2.05, 4.69) is 5.16 Å². The van der Waals surface area contributed by atoms with Gasteiger partial charge in [0.15, 0.2) is 15.6 Å². The molecule has 1 aliphatic heterocycles. The van der Waals surface area contributed by atoms with Crippen LogP contribution in [0, 0.1) is 19.7 Å². The van der Waals surface area contributed by atoms with Crippen molar-refractivity contribution in [3.05, 3.63) is 41.5 Å². The Hall–Kier alpha value is -1.78. The molecule has 2 heterocycles. The number of aromatic nitrogens is 1. The fraction of sp³-hybridized carbons (Fsp3) is 0.438. The Morgan fingerprint density at radius 3 is 2.15 bits per heavy atom. The maximum atomic E-state index is 13.0. The molecular weight excluding hydrogens is 383 g/mol. The average Bonchev–Trinajstić information content (AvgIpc) is 2.94. The molecule has 0 aliphatic carbocycles. The minimum atomic E-state index is -3.79. The Balaban J connectivity index is 1.78. The second kappa shape index (κ2) is 6.75. The summed E-state index contributed by atoms with van der Waals surface area (Å²) in [6.07, 6.45) is 0.338. The monoisotopic (exact) mass is 402 g/mol. The SMILES string of the molecule is Cc1noc(C)c1S(=O)(=O)N1CCC(S(=O)(=O)c2ccc(F)cc2)CC1. The molecule has 1 aromatic heterocycles. The summed E-state index contributed by atoms with van der Waals surface area (Å²) in [6.45, 7) is 3.24. The maximum Gasteiger partial charge on any atom is 0.248 e. The van der Waals surface area contributed by atoms with Crippen LogP contribution >= 0.6 is 0 Å². The summed E-state index contributed by atoms with van der Waals surface area (Å²) >= 11 is 0. The van der Waals surface area contributed by atoms with Crippen molar-refractivity contribution in [2.75, 3.05) is 13.1 Å². The van der Waals surface area contributed by atoms with Crippen LogP contribution in [0.1, 0.15) is 24.3 Å². The summed E-state index contributed by atoms with van der Waals surface area (Å²) in [5, 5.41) is 2.97. The predicted molar refractivity (Wildman–Crippen MR) is 91.3 cm³/mol. The van der Waals surface area contributed by atoms with Crippen molar-refractivity contribution < 1.29 is 25.7 Å². The zero-order chi connectivity index (χ0) is 19.1. The Bertz CT molecular complexity index is 986. The molecule has 0 bridgehead atoms.